The monoisotopic (exact) mass is 273 g/mol. The first kappa shape index (κ1) is 14.6. The molecule has 0 aliphatic carbocycles. The van der Waals surface area contributed by atoms with Crippen LogP contribution in [0.5, 0.6) is 5.75 Å². The lowest BCUT2D eigenvalue weighted by molar-refractivity contribution is 0.404. The third-order valence-corrected chi connectivity index (χ3v) is 3.56. The summed E-state index contributed by atoms with van der Waals surface area (Å²) >= 11 is 0. The van der Waals surface area contributed by atoms with Gasteiger partial charge in [-0.1, -0.05) is 37.3 Å². The summed E-state index contributed by atoms with van der Waals surface area (Å²) in [6.45, 7) is 3.67. The van der Waals surface area contributed by atoms with Crippen molar-refractivity contribution in [2.45, 2.75) is 32.2 Å². The summed E-state index contributed by atoms with van der Waals surface area (Å²) in [5, 5.41) is 4.41. The molecule has 0 radical (unpaired) electrons. The zero-order valence-electron chi connectivity index (χ0n) is 12.2. The van der Waals surface area contributed by atoms with E-state index in [1.807, 2.05) is 10.7 Å². The molecule has 1 unspecified atom stereocenters. The maximum absolute atomic E-state index is 5.97. The lowest BCUT2D eigenvalue weighted by atomic mass is 9.94. The molecule has 1 atom stereocenters. The quantitative estimate of drug-likeness (QED) is 0.843. The molecule has 2 aromatic rings. The van der Waals surface area contributed by atoms with Crippen LogP contribution < -0.4 is 10.5 Å². The second kappa shape index (κ2) is 7.10. The van der Waals surface area contributed by atoms with Crippen LogP contribution >= 0.6 is 0 Å². The van der Waals surface area contributed by atoms with Gasteiger partial charge in [0.15, 0.2) is 5.75 Å². The molecule has 0 bridgehead atoms. The number of hydrogen-bond acceptors (Lipinski definition) is 3. The number of nitrogens with two attached hydrogens (primary N) is 1. The van der Waals surface area contributed by atoms with Gasteiger partial charge in [0.2, 0.25) is 0 Å². The summed E-state index contributed by atoms with van der Waals surface area (Å²) in [6.07, 6.45) is 3.70. The molecule has 4 heteroatoms. The topological polar surface area (TPSA) is 53.1 Å². The lowest BCUT2D eigenvalue weighted by Gasteiger charge is -2.17. The van der Waals surface area contributed by atoms with Gasteiger partial charge in [-0.05, 0) is 18.5 Å². The van der Waals surface area contributed by atoms with Crippen LogP contribution in [0.3, 0.4) is 0 Å². The SMILES string of the molecule is CCCn1ncc(OC)c1CC(CN)c1ccccc1. The molecule has 0 aliphatic heterocycles. The van der Waals surface area contributed by atoms with Gasteiger partial charge in [0.25, 0.3) is 0 Å². The van der Waals surface area contributed by atoms with Crippen LogP contribution in [-0.2, 0) is 13.0 Å². The van der Waals surface area contributed by atoms with Gasteiger partial charge in [-0.3, -0.25) is 4.68 Å². The first-order chi connectivity index (χ1) is 9.80. The van der Waals surface area contributed by atoms with Crippen LogP contribution in [0.1, 0.15) is 30.5 Å². The average Bonchev–Trinajstić information content (AvgIpc) is 2.88. The molecular formula is C16H23N3O. The Bertz CT molecular complexity index is 522. The highest BCUT2D eigenvalue weighted by Crippen LogP contribution is 2.26. The molecule has 20 heavy (non-hydrogen) atoms. The fourth-order valence-electron chi connectivity index (χ4n) is 2.47. The molecule has 4 nitrogen and oxygen atoms in total. The summed E-state index contributed by atoms with van der Waals surface area (Å²) in [5.74, 6) is 1.14. The van der Waals surface area contributed by atoms with Gasteiger partial charge in [0, 0.05) is 18.9 Å². The highest BCUT2D eigenvalue weighted by atomic mass is 16.5. The molecule has 2 N–H and O–H groups in total. The summed E-state index contributed by atoms with van der Waals surface area (Å²) in [4.78, 5) is 0. The normalized spacial score (nSPS) is 12.3. The van der Waals surface area contributed by atoms with Crippen molar-refractivity contribution in [3.8, 4) is 5.75 Å². The van der Waals surface area contributed by atoms with Crippen molar-refractivity contribution in [3.05, 3.63) is 47.8 Å². The second-order valence-electron chi connectivity index (χ2n) is 4.93. The maximum atomic E-state index is 5.97. The molecule has 0 saturated heterocycles. The summed E-state index contributed by atoms with van der Waals surface area (Å²) in [5.41, 5.74) is 8.36. The van der Waals surface area contributed by atoms with E-state index in [0.717, 1.165) is 30.8 Å². The van der Waals surface area contributed by atoms with Gasteiger partial charge < -0.3 is 10.5 Å². The first-order valence-electron chi connectivity index (χ1n) is 7.13. The number of methoxy groups -OCH3 is 1. The van der Waals surface area contributed by atoms with Crippen molar-refractivity contribution < 1.29 is 4.74 Å². The summed E-state index contributed by atoms with van der Waals surface area (Å²) < 4.78 is 7.46. The number of rotatable bonds is 7. The average molecular weight is 273 g/mol. The zero-order valence-corrected chi connectivity index (χ0v) is 12.2. The van der Waals surface area contributed by atoms with E-state index in [4.69, 9.17) is 10.5 Å². The number of aromatic nitrogens is 2. The van der Waals surface area contributed by atoms with E-state index in [-0.39, 0.29) is 5.92 Å². The Hall–Kier alpha value is -1.81. The number of ether oxygens (including phenoxy) is 1. The highest BCUT2D eigenvalue weighted by Gasteiger charge is 2.17. The van der Waals surface area contributed by atoms with Crippen molar-refractivity contribution in [1.82, 2.24) is 9.78 Å². The molecule has 0 aliphatic rings. The molecule has 1 aromatic carbocycles. The number of aryl methyl sites for hydroxylation is 1. The van der Waals surface area contributed by atoms with Gasteiger partial charge in [-0.15, -0.1) is 0 Å². The van der Waals surface area contributed by atoms with Gasteiger partial charge >= 0.3 is 0 Å². The second-order valence-corrected chi connectivity index (χ2v) is 4.93. The van der Waals surface area contributed by atoms with Crippen LogP contribution in [0, 0.1) is 0 Å². The van der Waals surface area contributed by atoms with Crippen molar-refractivity contribution in [2.75, 3.05) is 13.7 Å². The summed E-state index contributed by atoms with van der Waals surface area (Å²) in [7, 11) is 1.69. The van der Waals surface area contributed by atoms with E-state index in [9.17, 15) is 0 Å². The van der Waals surface area contributed by atoms with E-state index in [0.29, 0.717) is 6.54 Å². The number of benzene rings is 1. The zero-order chi connectivity index (χ0) is 14.4. The Balaban J connectivity index is 2.25. The minimum atomic E-state index is 0.289. The molecule has 0 spiro atoms. The van der Waals surface area contributed by atoms with Crippen molar-refractivity contribution in [2.24, 2.45) is 5.73 Å². The van der Waals surface area contributed by atoms with E-state index in [1.165, 1.54) is 5.56 Å². The van der Waals surface area contributed by atoms with Crippen LogP contribution in [0.2, 0.25) is 0 Å². The highest BCUT2D eigenvalue weighted by molar-refractivity contribution is 5.29. The molecule has 0 fully saturated rings. The number of hydrogen-bond donors (Lipinski definition) is 1. The molecule has 2 rings (SSSR count). The van der Waals surface area contributed by atoms with Crippen molar-refractivity contribution >= 4 is 0 Å². The Kier molecular flexibility index (Phi) is 5.18. The lowest BCUT2D eigenvalue weighted by Crippen LogP contribution is -2.17. The van der Waals surface area contributed by atoms with Crippen LogP contribution in [-0.4, -0.2) is 23.4 Å². The van der Waals surface area contributed by atoms with E-state index in [2.05, 4.69) is 36.3 Å². The van der Waals surface area contributed by atoms with Gasteiger partial charge in [0.05, 0.1) is 19.0 Å². The molecule has 1 heterocycles. The van der Waals surface area contributed by atoms with E-state index >= 15 is 0 Å². The largest absolute Gasteiger partial charge is 0.493 e. The predicted octanol–water partition coefficient (Wildman–Crippen LogP) is 2.59. The van der Waals surface area contributed by atoms with E-state index < -0.39 is 0 Å². The Morgan fingerprint density at radius 2 is 2.05 bits per heavy atom. The Morgan fingerprint density at radius 1 is 1.30 bits per heavy atom. The Morgan fingerprint density at radius 3 is 2.65 bits per heavy atom. The first-order valence-corrected chi connectivity index (χ1v) is 7.13. The smallest absolute Gasteiger partial charge is 0.159 e. The van der Waals surface area contributed by atoms with Crippen molar-refractivity contribution in [1.29, 1.82) is 0 Å². The Labute approximate surface area is 120 Å². The van der Waals surface area contributed by atoms with Crippen LogP contribution in [0.4, 0.5) is 0 Å². The fraction of sp³-hybridized carbons (Fsp3) is 0.438. The van der Waals surface area contributed by atoms with Gasteiger partial charge in [0.1, 0.15) is 0 Å². The molecular weight excluding hydrogens is 250 g/mol. The molecule has 0 amide bonds. The maximum Gasteiger partial charge on any atom is 0.159 e. The standard InChI is InChI=1S/C16H23N3O/c1-3-9-19-15(16(20-2)12-18-19)10-14(11-17)13-7-5-4-6-8-13/h4-8,12,14H,3,9-11,17H2,1-2H3. The van der Waals surface area contributed by atoms with Gasteiger partial charge in [-0.25, -0.2) is 0 Å². The molecule has 0 saturated carbocycles. The van der Waals surface area contributed by atoms with Gasteiger partial charge in [-0.2, -0.15) is 5.10 Å². The van der Waals surface area contributed by atoms with Crippen molar-refractivity contribution in [3.63, 3.8) is 0 Å². The number of nitrogens with zero attached hydrogens (tertiary/aromatic N) is 2. The molecule has 108 valence electrons. The minimum Gasteiger partial charge on any atom is -0.493 e. The fourth-order valence-corrected chi connectivity index (χ4v) is 2.47. The molecule has 1 aromatic heterocycles. The van der Waals surface area contributed by atoms with E-state index in [1.54, 1.807) is 13.3 Å². The third-order valence-electron chi connectivity index (χ3n) is 3.56. The summed E-state index contributed by atoms with van der Waals surface area (Å²) in [6, 6.07) is 10.4. The minimum absolute atomic E-state index is 0.289. The van der Waals surface area contributed by atoms with Crippen LogP contribution in [0.15, 0.2) is 36.5 Å². The van der Waals surface area contributed by atoms with Crippen LogP contribution in [0.25, 0.3) is 0 Å². The predicted molar refractivity (Wildman–Crippen MR) is 81.0 cm³/mol. The third kappa shape index (κ3) is 3.20.